The number of aromatic nitrogens is 1. The average Bonchev–Trinajstić information content (AvgIpc) is 2.78. The Labute approximate surface area is 131 Å². The fourth-order valence-corrected chi connectivity index (χ4v) is 5.64. The molecule has 1 aromatic rings. The molecule has 0 aromatic carbocycles. The third-order valence-corrected chi connectivity index (χ3v) is 6.61. The maximum atomic E-state index is 11.6. The van der Waals surface area contributed by atoms with Gasteiger partial charge in [-0.1, -0.05) is 19.9 Å². The van der Waals surface area contributed by atoms with E-state index < -0.39 is 15.5 Å². The second-order valence-corrected chi connectivity index (χ2v) is 8.51. The maximum Gasteiger partial charge on any atom is 0.265 e. The molecule has 1 aromatic heterocycles. The van der Waals surface area contributed by atoms with Crippen molar-refractivity contribution in [3.05, 3.63) is 30.1 Å². The van der Waals surface area contributed by atoms with E-state index in [1.165, 1.54) is 0 Å². The van der Waals surface area contributed by atoms with Crippen LogP contribution in [0.25, 0.3) is 0 Å². The highest BCUT2D eigenvalue weighted by molar-refractivity contribution is 7.85. The Bertz CT molecular complexity index is 697. The first-order valence-corrected chi connectivity index (χ1v) is 9.24. The van der Waals surface area contributed by atoms with Crippen molar-refractivity contribution < 1.29 is 13.0 Å². The van der Waals surface area contributed by atoms with E-state index in [1.54, 1.807) is 6.20 Å². The van der Waals surface area contributed by atoms with Crippen LogP contribution in [-0.4, -0.2) is 29.4 Å². The fraction of sp³-hybridized carbons (Fsp3) is 0.625. The predicted octanol–water partition coefficient (Wildman–Crippen LogP) is 2.74. The molecule has 0 saturated heterocycles. The topological polar surface area (TPSA) is 79.6 Å². The number of hydrogen-bond acceptors (Lipinski definition) is 4. The van der Waals surface area contributed by atoms with E-state index in [2.05, 4.69) is 18.8 Å². The van der Waals surface area contributed by atoms with E-state index in [9.17, 15) is 13.0 Å². The molecule has 5 nitrogen and oxygen atoms in total. The Morgan fingerprint density at radius 2 is 2.18 bits per heavy atom. The van der Waals surface area contributed by atoms with Crippen LogP contribution in [0.4, 0.5) is 0 Å². The van der Waals surface area contributed by atoms with Crippen molar-refractivity contribution in [3.63, 3.8) is 0 Å². The molecule has 2 fully saturated rings. The monoisotopic (exact) mass is 322 g/mol. The Morgan fingerprint density at radius 1 is 1.41 bits per heavy atom. The molecule has 120 valence electrons. The lowest BCUT2D eigenvalue weighted by molar-refractivity contribution is 0.193. The van der Waals surface area contributed by atoms with Gasteiger partial charge in [0.05, 0.1) is 18.0 Å². The number of nitrogens with zero attached hydrogens (tertiary/aromatic N) is 2. The van der Waals surface area contributed by atoms with Gasteiger partial charge in [0.1, 0.15) is 0 Å². The van der Waals surface area contributed by atoms with Crippen LogP contribution in [0.3, 0.4) is 0 Å². The van der Waals surface area contributed by atoms with Crippen molar-refractivity contribution in [1.29, 1.82) is 0 Å². The Hall–Kier alpha value is -1.27. The maximum absolute atomic E-state index is 11.6. The van der Waals surface area contributed by atoms with E-state index in [4.69, 9.17) is 4.99 Å². The summed E-state index contributed by atoms with van der Waals surface area (Å²) < 4.78 is 32.6. The summed E-state index contributed by atoms with van der Waals surface area (Å²) in [7, 11) is -4.03. The summed E-state index contributed by atoms with van der Waals surface area (Å²) >= 11 is 0. The molecule has 0 spiro atoms. The summed E-state index contributed by atoms with van der Waals surface area (Å²) in [6.07, 6.45) is 4.35. The van der Waals surface area contributed by atoms with Crippen molar-refractivity contribution in [2.75, 3.05) is 5.75 Å². The number of rotatable bonds is 4. The molecule has 0 amide bonds. The minimum atomic E-state index is -4.03. The summed E-state index contributed by atoms with van der Waals surface area (Å²) in [6, 6.07) is 5.69. The van der Waals surface area contributed by atoms with Gasteiger partial charge < -0.3 is 0 Å². The molecule has 2 aliphatic carbocycles. The van der Waals surface area contributed by atoms with Crippen molar-refractivity contribution in [3.8, 4) is 0 Å². The first-order valence-electron chi connectivity index (χ1n) is 7.63. The van der Waals surface area contributed by atoms with E-state index in [1.807, 2.05) is 18.2 Å². The minimum absolute atomic E-state index is 0.147. The minimum Gasteiger partial charge on any atom is -0.287 e. The molecule has 0 aliphatic heterocycles. The molecule has 2 atom stereocenters. The fourth-order valence-electron chi connectivity index (χ4n) is 4.33. The summed E-state index contributed by atoms with van der Waals surface area (Å²) in [4.78, 5) is 8.97. The lowest BCUT2D eigenvalue weighted by Gasteiger charge is -2.37. The summed E-state index contributed by atoms with van der Waals surface area (Å²) in [5.41, 5.74) is 1.14. The number of aliphatic imine (C=N–C) groups is 1. The van der Waals surface area contributed by atoms with E-state index in [-0.39, 0.29) is 11.2 Å². The molecular weight excluding hydrogens is 300 g/mol. The smallest absolute Gasteiger partial charge is 0.265 e. The zero-order valence-corrected chi connectivity index (χ0v) is 13.8. The van der Waals surface area contributed by atoms with Crippen LogP contribution in [0.5, 0.6) is 0 Å². The molecule has 3 rings (SSSR count). The molecule has 1 N–H and O–H groups in total. The zero-order chi connectivity index (χ0) is 16.0. The quantitative estimate of drug-likeness (QED) is 0.864. The lowest BCUT2D eigenvalue weighted by Crippen LogP contribution is -2.42. The summed E-state index contributed by atoms with van der Waals surface area (Å²) in [5.74, 6) is 0.224. The molecule has 2 unspecified atom stereocenters. The number of hydrogen-bond donors (Lipinski definition) is 1. The highest BCUT2D eigenvalue weighted by Crippen LogP contribution is 2.64. The van der Waals surface area contributed by atoms with Crippen LogP contribution in [0.15, 0.2) is 29.4 Å². The van der Waals surface area contributed by atoms with E-state index in [0.29, 0.717) is 12.5 Å². The summed E-state index contributed by atoms with van der Waals surface area (Å²) in [6.45, 7) is 4.68. The van der Waals surface area contributed by atoms with Gasteiger partial charge in [-0.2, -0.15) is 8.42 Å². The molecule has 0 radical (unpaired) electrons. The molecule has 2 aliphatic rings. The van der Waals surface area contributed by atoms with Gasteiger partial charge in [-0.3, -0.25) is 14.5 Å². The summed E-state index contributed by atoms with van der Waals surface area (Å²) in [5, 5.41) is 0. The highest BCUT2D eigenvalue weighted by atomic mass is 32.2. The van der Waals surface area contributed by atoms with Gasteiger partial charge in [0, 0.05) is 17.3 Å². The predicted molar refractivity (Wildman–Crippen MR) is 85.3 cm³/mol. The number of fused-ring (bicyclic) bond motifs is 2. The van der Waals surface area contributed by atoms with Gasteiger partial charge in [0.15, 0.2) is 0 Å². The SMILES string of the molecule is CC1(C)C2CCC1(CS(=O)(=O)O)C(=NCc1ccccn1)C2. The molecule has 1 heterocycles. The van der Waals surface area contributed by atoms with Crippen molar-refractivity contribution in [1.82, 2.24) is 4.98 Å². The second-order valence-electron chi connectivity index (χ2n) is 7.05. The molecular formula is C16H22N2O3S. The van der Waals surface area contributed by atoms with Gasteiger partial charge in [0.25, 0.3) is 10.1 Å². The van der Waals surface area contributed by atoms with Crippen LogP contribution in [-0.2, 0) is 16.7 Å². The second kappa shape index (κ2) is 5.13. The van der Waals surface area contributed by atoms with Gasteiger partial charge in [-0.05, 0) is 42.7 Å². The Balaban J connectivity index is 1.94. The van der Waals surface area contributed by atoms with E-state index in [0.717, 1.165) is 30.7 Å². The van der Waals surface area contributed by atoms with Gasteiger partial charge in [-0.15, -0.1) is 0 Å². The van der Waals surface area contributed by atoms with Crippen LogP contribution >= 0.6 is 0 Å². The van der Waals surface area contributed by atoms with Gasteiger partial charge in [0.2, 0.25) is 0 Å². The molecule has 2 bridgehead atoms. The van der Waals surface area contributed by atoms with E-state index >= 15 is 0 Å². The molecule has 2 saturated carbocycles. The zero-order valence-electron chi connectivity index (χ0n) is 13.0. The number of pyridine rings is 1. The molecule has 22 heavy (non-hydrogen) atoms. The van der Waals surface area contributed by atoms with Gasteiger partial charge >= 0.3 is 0 Å². The van der Waals surface area contributed by atoms with Crippen LogP contribution in [0, 0.1) is 16.7 Å². The third kappa shape index (κ3) is 2.48. The van der Waals surface area contributed by atoms with Crippen molar-refractivity contribution in [2.24, 2.45) is 21.7 Å². The first kappa shape index (κ1) is 15.6. The van der Waals surface area contributed by atoms with Crippen LogP contribution in [0.1, 0.15) is 38.8 Å². The molecule has 6 heteroatoms. The Kier molecular flexibility index (Phi) is 3.64. The average molecular weight is 322 g/mol. The van der Waals surface area contributed by atoms with Crippen molar-refractivity contribution in [2.45, 2.75) is 39.7 Å². The third-order valence-electron chi connectivity index (χ3n) is 5.75. The van der Waals surface area contributed by atoms with Gasteiger partial charge in [-0.25, -0.2) is 0 Å². The largest absolute Gasteiger partial charge is 0.287 e. The lowest BCUT2D eigenvalue weighted by atomic mass is 9.70. The van der Waals surface area contributed by atoms with Crippen LogP contribution < -0.4 is 0 Å². The van der Waals surface area contributed by atoms with Crippen molar-refractivity contribution >= 4 is 15.8 Å². The first-order chi connectivity index (χ1) is 10.2. The highest BCUT2D eigenvalue weighted by Gasteiger charge is 2.63. The standard InChI is InChI=1S/C16H22N2O3S/c1-15(2)12-6-7-16(15,11-22(19,20)21)14(9-12)18-10-13-5-3-4-8-17-13/h3-5,8,12H,6-7,9-11H2,1-2H3,(H,19,20,21). The normalized spacial score (nSPS) is 31.8. The Morgan fingerprint density at radius 3 is 2.77 bits per heavy atom. The van der Waals surface area contributed by atoms with Crippen LogP contribution in [0.2, 0.25) is 0 Å².